The molecule has 6 nitrogen and oxygen atoms in total. The second-order valence-corrected chi connectivity index (χ2v) is 6.07. The Labute approximate surface area is 156 Å². The molecule has 0 bridgehead atoms. The first kappa shape index (κ1) is 16.8. The highest BCUT2D eigenvalue weighted by molar-refractivity contribution is 6.07. The SMILES string of the molecule is O=C(C=Cc1cnn(-c2ccccc2)c1)c1cccc(N2CCOC2=O)c1. The monoisotopic (exact) mass is 359 g/mol. The molecule has 4 rings (SSSR count). The minimum Gasteiger partial charge on any atom is -0.447 e. The fourth-order valence-electron chi connectivity index (χ4n) is 2.87. The van der Waals surface area contributed by atoms with Crippen LogP contribution in [0.1, 0.15) is 15.9 Å². The van der Waals surface area contributed by atoms with Gasteiger partial charge in [-0.1, -0.05) is 30.3 Å². The number of aromatic nitrogens is 2. The van der Waals surface area contributed by atoms with Gasteiger partial charge in [0.2, 0.25) is 0 Å². The van der Waals surface area contributed by atoms with Crippen LogP contribution >= 0.6 is 0 Å². The topological polar surface area (TPSA) is 64.4 Å². The van der Waals surface area contributed by atoms with E-state index in [1.165, 1.54) is 11.0 Å². The van der Waals surface area contributed by atoms with Gasteiger partial charge in [0.15, 0.2) is 5.78 Å². The lowest BCUT2D eigenvalue weighted by atomic mass is 10.1. The number of benzene rings is 2. The standard InChI is InChI=1S/C21H17N3O3/c25-20(17-5-4-8-19(13-17)23-11-12-27-21(23)26)10-9-16-14-22-24(15-16)18-6-2-1-3-7-18/h1-10,13-15H,11-12H2. The number of amides is 1. The van der Waals surface area contributed by atoms with Crippen molar-refractivity contribution in [1.82, 2.24) is 9.78 Å². The fraction of sp³-hybridized carbons (Fsp3) is 0.0952. The van der Waals surface area contributed by atoms with Crippen LogP contribution in [0.25, 0.3) is 11.8 Å². The average Bonchev–Trinajstić information content (AvgIpc) is 3.36. The van der Waals surface area contributed by atoms with E-state index in [0.717, 1.165) is 11.3 Å². The summed E-state index contributed by atoms with van der Waals surface area (Å²) in [4.78, 5) is 25.7. The molecule has 1 amide bonds. The zero-order chi connectivity index (χ0) is 18.6. The van der Waals surface area contributed by atoms with E-state index >= 15 is 0 Å². The van der Waals surface area contributed by atoms with Gasteiger partial charge < -0.3 is 4.74 Å². The molecule has 6 heteroatoms. The molecule has 1 aliphatic rings. The van der Waals surface area contributed by atoms with Gasteiger partial charge in [-0.2, -0.15) is 5.10 Å². The minimum atomic E-state index is -0.386. The van der Waals surface area contributed by atoms with Crippen LogP contribution in [0.15, 0.2) is 73.1 Å². The lowest BCUT2D eigenvalue weighted by Gasteiger charge is -2.13. The molecule has 134 valence electrons. The van der Waals surface area contributed by atoms with Crippen molar-refractivity contribution in [1.29, 1.82) is 0 Å². The smallest absolute Gasteiger partial charge is 0.414 e. The maximum Gasteiger partial charge on any atom is 0.414 e. The molecule has 2 heterocycles. The number of rotatable bonds is 5. The number of allylic oxidation sites excluding steroid dienone is 1. The quantitative estimate of drug-likeness (QED) is 0.514. The Morgan fingerprint density at radius 1 is 1.07 bits per heavy atom. The van der Waals surface area contributed by atoms with E-state index in [9.17, 15) is 9.59 Å². The van der Waals surface area contributed by atoms with Gasteiger partial charge in [0, 0.05) is 23.0 Å². The van der Waals surface area contributed by atoms with Crippen LogP contribution in [0.2, 0.25) is 0 Å². The number of hydrogen-bond donors (Lipinski definition) is 0. The summed E-state index contributed by atoms with van der Waals surface area (Å²) < 4.78 is 6.70. The first-order valence-corrected chi connectivity index (χ1v) is 8.57. The van der Waals surface area contributed by atoms with Crippen LogP contribution in [-0.4, -0.2) is 34.8 Å². The number of hydrogen-bond acceptors (Lipinski definition) is 4. The maximum atomic E-state index is 12.5. The van der Waals surface area contributed by atoms with Crippen LogP contribution in [0, 0.1) is 0 Å². The van der Waals surface area contributed by atoms with Crippen molar-refractivity contribution in [2.24, 2.45) is 0 Å². The van der Waals surface area contributed by atoms with E-state index in [4.69, 9.17) is 4.74 Å². The second kappa shape index (κ2) is 7.29. The summed E-state index contributed by atoms with van der Waals surface area (Å²) in [7, 11) is 0. The van der Waals surface area contributed by atoms with Crippen LogP contribution in [-0.2, 0) is 4.74 Å². The summed E-state index contributed by atoms with van der Waals surface area (Å²) in [6.07, 6.45) is 6.41. The number of nitrogens with zero attached hydrogens (tertiary/aromatic N) is 3. The second-order valence-electron chi connectivity index (χ2n) is 6.07. The Morgan fingerprint density at radius 2 is 1.89 bits per heavy atom. The Kier molecular flexibility index (Phi) is 4.53. The van der Waals surface area contributed by atoms with Gasteiger partial charge in [-0.05, 0) is 36.4 Å². The number of carbonyl (C=O) groups is 2. The third-order valence-electron chi connectivity index (χ3n) is 4.25. The number of anilines is 1. The first-order chi connectivity index (χ1) is 13.2. The van der Waals surface area contributed by atoms with E-state index in [2.05, 4.69) is 5.10 Å². The molecule has 2 aromatic carbocycles. The zero-order valence-electron chi connectivity index (χ0n) is 14.5. The number of carbonyl (C=O) groups excluding carboxylic acids is 2. The van der Waals surface area contributed by atoms with E-state index in [1.54, 1.807) is 41.2 Å². The predicted molar refractivity (Wildman–Crippen MR) is 102 cm³/mol. The molecule has 27 heavy (non-hydrogen) atoms. The molecule has 0 saturated carbocycles. The number of para-hydroxylation sites is 1. The highest BCUT2D eigenvalue weighted by Crippen LogP contribution is 2.20. The highest BCUT2D eigenvalue weighted by atomic mass is 16.6. The van der Waals surface area contributed by atoms with Crippen LogP contribution in [0.5, 0.6) is 0 Å². The summed E-state index contributed by atoms with van der Waals surface area (Å²) >= 11 is 0. The summed E-state index contributed by atoms with van der Waals surface area (Å²) in [5.41, 5.74) is 2.95. The summed E-state index contributed by atoms with van der Waals surface area (Å²) in [6, 6.07) is 16.7. The molecule has 1 fully saturated rings. The molecule has 0 atom stereocenters. The van der Waals surface area contributed by atoms with Crippen molar-refractivity contribution in [3.8, 4) is 5.69 Å². The Balaban J connectivity index is 1.49. The third-order valence-corrected chi connectivity index (χ3v) is 4.25. The molecule has 0 spiro atoms. The van der Waals surface area contributed by atoms with Gasteiger partial charge in [-0.3, -0.25) is 9.69 Å². The lowest BCUT2D eigenvalue weighted by Crippen LogP contribution is -2.23. The number of cyclic esters (lactones) is 1. The van der Waals surface area contributed by atoms with Gasteiger partial charge in [-0.25, -0.2) is 9.48 Å². The van der Waals surface area contributed by atoms with E-state index in [1.807, 2.05) is 36.5 Å². The van der Waals surface area contributed by atoms with Gasteiger partial charge in [0.1, 0.15) is 6.61 Å². The normalized spacial score (nSPS) is 13.9. The fourth-order valence-corrected chi connectivity index (χ4v) is 2.87. The van der Waals surface area contributed by atoms with E-state index < -0.39 is 0 Å². The molecule has 0 radical (unpaired) electrons. The van der Waals surface area contributed by atoms with Crippen molar-refractivity contribution < 1.29 is 14.3 Å². The van der Waals surface area contributed by atoms with Crippen molar-refractivity contribution in [2.75, 3.05) is 18.1 Å². The van der Waals surface area contributed by atoms with Gasteiger partial charge >= 0.3 is 6.09 Å². The molecule has 1 saturated heterocycles. The highest BCUT2D eigenvalue weighted by Gasteiger charge is 2.23. The summed E-state index contributed by atoms with van der Waals surface area (Å²) in [5, 5.41) is 4.31. The molecule has 1 aliphatic heterocycles. The van der Waals surface area contributed by atoms with Crippen molar-refractivity contribution >= 4 is 23.6 Å². The lowest BCUT2D eigenvalue weighted by molar-refractivity contribution is 0.104. The Bertz CT molecular complexity index is 1010. The molecule has 0 aliphatic carbocycles. The Morgan fingerprint density at radius 3 is 2.67 bits per heavy atom. The first-order valence-electron chi connectivity index (χ1n) is 8.57. The van der Waals surface area contributed by atoms with Crippen molar-refractivity contribution in [2.45, 2.75) is 0 Å². The van der Waals surface area contributed by atoms with Crippen molar-refractivity contribution in [3.05, 3.63) is 84.2 Å². The average molecular weight is 359 g/mol. The van der Waals surface area contributed by atoms with Gasteiger partial charge in [0.05, 0.1) is 18.4 Å². The van der Waals surface area contributed by atoms with Gasteiger partial charge in [0.25, 0.3) is 0 Å². The van der Waals surface area contributed by atoms with Gasteiger partial charge in [-0.15, -0.1) is 0 Å². The maximum absolute atomic E-state index is 12.5. The molecular formula is C21H17N3O3. The van der Waals surface area contributed by atoms with Crippen LogP contribution in [0.4, 0.5) is 10.5 Å². The molecule has 1 aromatic heterocycles. The molecular weight excluding hydrogens is 342 g/mol. The molecule has 3 aromatic rings. The third kappa shape index (κ3) is 3.64. The number of ether oxygens (including phenoxy) is 1. The minimum absolute atomic E-state index is 0.142. The summed E-state index contributed by atoms with van der Waals surface area (Å²) in [5.74, 6) is -0.142. The molecule has 0 N–H and O–H groups in total. The zero-order valence-corrected chi connectivity index (χ0v) is 14.5. The molecule has 0 unspecified atom stereocenters. The Hall–Kier alpha value is -3.67. The largest absolute Gasteiger partial charge is 0.447 e. The summed E-state index contributed by atoms with van der Waals surface area (Å²) in [6.45, 7) is 0.854. The van der Waals surface area contributed by atoms with E-state index in [0.29, 0.717) is 24.4 Å². The number of ketones is 1. The van der Waals surface area contributed by atoms with Crippen LogP contribution < -0.4 is 4.90 Å². The van der Waals surface area contributed by atoms with Crippen molar-refractivity contribution in [3.63, 3.8) is 0 Å². The predicted octanol–water partition coefficient (Wildman–Crippen LogP) is 3.73. The van der Waals surface area contributed by atoms with E-state index in [-0.39, 0.29) is 11.9 Å². The van der Waals surface area contributed by atoms with Crippen LogP contribution in [0.3, 0.4) is 0 Å².